The maximum atomic E-state index is 14.1. The van der Waals surface area contributed by atoms with E-state index >= 15 is 0 Å². The SMILES string of the molecule is Cc1cccc(F)c1C(=O)N1CCCN(CC(=O)N2CCCC2)CC1. The van der Waals surface area contributed by atoms with E-state index in [9.17, 15) is 14.0 Å². The minimum Gasteiger partial charge on any atom is -0.342 e. The molecule has 3 rings (SSSR count). The van der Waals surface area contributed by atoms with Crippen molar-refractivity contribution < 1.29 is 14.0 Å². The molecule has 6 heteroatoms. The summed E-state index contributed by atoms with van der Waals surface area (Å²) >= 11 is 0. The molecule has 2 heterocycles. The van der Waals surface area contributed by atoms with Gasteiger partial charge in [-0.15, -0.1) is 0 Å². The van der Waals surface area contributed by atoms with Crippen molar-refractivity contribution in [2.75, 3.05) is 45.8 Å². The second-order valence-electron chi connectivity index (χ2n) is 6.94. The predicted octanol–water partition coefficient (Wildman–Crippen LogP) is 1.90. The minimum absolute atomic E-state index is 0.170. The van der Waals surface area contributed by atoms with Gasteiger partial charge in [0.2, 0.25) is 5.91 Å². The molecule has 2 aliphatic rings. The van der Waals surface area contributed by atoms with Gasteiger partial charge in [-0.05, 0) is 37.8 Å². The molecule has 0 aromatic heterocycles. The molecule has 0 atom stereocenters. The topological polar surface area (TPSA) is 43.9 Å². The predicted molar refractivity (Wildman–Crippen MR) is 93.9 cm³/mol. The van der Waals surface area contributed by atoms with Crippen molar-refractivity contribution in [3.8, 4) is 0 Å². The summed E-state index contributed by atoms with van der Waals surface area (Å²) in [6, 6.07) is 4.71. The van der Waals surface area contributed by atoms with Crippen LogP contribution in [0.5, 0.6) is 0 Å². The zero-order valence-corrected chi connectivity index (χ0v) is 14.8. The van der Waals surface area contributed by atoms with Crippen LogP contribution in [-0.4, -0.2) is 72.3 Å². The van der Waals surface area contributed by atoms with Crippen LogP contribution in [0.3, 0.4) is 0 Å². The Morgan fingerprint density at radius 2 is 1.68 bits per heavy atom. The lowest BCUT2D eigenvalue weighted by molar-refractivity contribution is -0.131. The van der Waals surface area contributed by atoms with Crippen LogP contribution in [0.25, 0.3) is 0 Å². The van der Waals surface area contributed by atoms with E-state index < -0.39 is 5.82 Å². The van der Waals surface area contributed by atoms with Crippen molar-refractivity contribution in [3.63, 3.8) is 0 Å². The summed E-state index contributed by atoms with van der Waals surface area (Å²) in [5, 5.41) is 0. The van der Waals surface area contributed by atoms with Crippen LogP contribution in [0.2, 0.25) is 0 Å². The zero-order chi connectivity index (χ0) is 17.8. The van der Waals surface area contributed by atoms with E-state index in [2.05, 4.69) is 4.90 Å². The van der Waals surface area contributed by atoms with Crippen molar-refractivity contribution in [2.45, 2.75) is 26.2 Å². The number of carbonyl (C=O) groups excluding carboxylic acids is 2. The van der Waals surface area contributed by atoms with Crippen molar-refractivity contribution in [1.82, 2.24) is 14.7 Å². The summed E-state index contributed by atoms with van der Waals surface area (Å²) in [5.74, 6) is -0.527. The van der Waals surface area contributed by atoms with Crippen molar-refractivity contribution in [3.05, 3.63) is 35.1 Å². The Hall–Kier alpha value is -1.95. The van der Waals surface area contributed by atoms with Crippen LogP contribution < -0.4 is 0 Å². The van der Waals surface area contributed by atoms with Gasteiger partial charge >= 0.3 is 0 Å². The van der Waals surface area contributed by atoms with E-state index in [1.165, 1.54) is 6.07 Å². The smallest absolute Gasteiger partial charge is 0.257 e. The minimum atomic E-state index is -0.463. The third-order valence-electron chi connectivity index (χ3n) is 5.13. The van der Waals surface area contributed by atoms with Crippen LogP contribution in [0.1, 0.15) is 35.2 Å². The number of halogens is 1. The van der Waals surface area contributed by atoms with Gasteiger partial charge in [0.1, 0.15) is 5.82 Å². The molecule has 136 valence electrons. The second kappa shape index (κ2) is 7.95. The van der Waals surface area contributed by atoms with Crippen LogP contribution in [0.4, 0.5) is 4.39 Å². The van der Waals surface area contributed by atoms with Gasteiger partial charge in [0.05, 0.1) is 12.1 Å². The molecular formula is C19H26FN3O2. The highest BCUT2D eigenvalue weighted by Crippen LogP contribution is 2.17. The maximum absolute atomic E-state index is 14.1. The van der Waals surface area contributed by atoms with Gasteiger partial charge in [0, 0.05) is 39.3 Å². The Morgan fingerprint density at radius 3 is 2.40 bits per heavy atom. The van der Waals surface area contributed by atoms with Gasteiger partial charge < -0.3 is 9.80 Å². The average Bonchev–Trinajstić information content (AvgIpc) is 3.02. The largest absolute Gasteiger partial charge is 0.342 e. The molecule has 2 amide bonds. The fraction of sp³-hybridized carbons (Fsp3) is 0.579. The molecule has 2 aliphatic heterocycles. The molecule has 0 saturated carbocycles. The summed E-state index contributed by atoms with van der Waals surface area (Å²) in [6.45, 7) is 6.48. The Balaban J connectivity index is 1.59. The third-order valence-corrected chi connectivity index (χ3v) is 5.13. The highest BCUT2D eigenvalue weighted by molar-refractivity contribution is 5.96. The van der Waals surface area contributed by atoms with Gasteiger partial charge in [0.15, 0.2) is 0 Å². The quantitative estimate of drug-likeness (QED) is 0.839. The second-order valence-corrected chi connectivity index (χ2v) is 6.94. The van der Waals surface area contributed by atoms with Gasteiger partial charge in [-0.1, -0.05) is 12.1 Å². The fourth-order valence-electron chi connectivity index (χ4n) is 3.65. The maximum Gasteiger partial charge on any atom is 0.257 e. The molecular weight excluding hydrogens is 321 g/mol. The molecule has 1 aromatic carbocycles. The molecule has 2 fully saturated rings. The number of amides is 2. The number of carbonyl (C=O) groups is 2. The first-order chi connectivity index (χ1) is 12.1. The summed E-state index contributed by atoms with van der Waals surface area (Å²) in [5.41, 5.74) is 0.833. The van der Waals surface area contributed by atoms with E-state index in [0.717, 1.165) is 38.9 Å². The first-order valence-electron chi connectivity index (χ1n) is 9.11. The highest BCUT2D eigenvalue weighted by atomic mass is 19.1. The van der Waals surface area contributed by atoms with Crippen molar-refractivity contribution in [2.24, 2.45) is 0 Å². The summed E-state index contributed by atoms with van der Waals surface area (Å²) in [6.07, 6.45) is 2.98. The molecule has 1 aromatic rings. The molecule has 0 spiro atoms. The van der Waals surface area contributed by atoms with E-state index in [1.807, 2.05) is 4.90 Å². The van der Waals surface area contributed by atoms with Crippen LogP contribution in [0, 0.1) is 12.7 Å². The number of hydrogen-bond acceptors (Lipinski definition) is 3. The lowest BCUT2D eigenvalue weighted by Gasteiger charge is -2.24. The number of rotatable bonds is 3. The molecule has 25 heavy (non-hydrogen) atoms. The molecule has 0 aliphatic carbocycles. The lowest BCUT2D eigenvalue weighted by Crippen LogP contribution is -2.41. The van der Waals surface area contributed by atoms with Crippen LogP contribution in [-0.2, 0) is 4.79 Å². The number of aryl methyl sites for hydroxylation is 1. The summed E-state index contributed by atoms with van der Waals surface area (Å²) < 4.78 is 14.1. The molecule has 0 unspecified atom stereocenters. The van der Waals surface area contributed by atoms with Crippen molar-refractivity contribution >= 4 is 11.8 Å². The molecule has 0 N–H and O–H groups in total. The first kappa shape index (κ1) is 17.9. The molecule has 2 saturated heterocycles. The Bertz CT molecular complexity index is 623. The van der Waals surface area contributed by atoms with E-state index in [-0.39, 0.29) is 17.4 Å². The average molecular weight is 347 g/mol. The van der Waals surface area contributed by atoms with E-state index in [1.54, 1.807) is 24.0 Å². The number of benzene rings is 1. The van der Waals surface area contributed by atoms with Crippen LogP contribution in [0.15, 0.2) is 18.2 Å². The number of nitrogens with zero attached hydrogens (tertiary/aromatic N) is 3. The van der Waals surface area contributed by atoms with E-state index in [4.69, 9.17) is 0 Å². The Morgan fingerprint density at radius 1 is 0.960 bits per heavy atom. The Kier molecular flexibility index (Phi) is 5.68. The van der Waals surface area contributed by atoms with Crippen LogP contribution >= 0.6 is 0 Å². The fourth-order valence-corrected chi connectivity index (χ4v) is 3.65. The molecule has 0 radical (unpaired) electrons. The number of hydrogen-bond donors (Lipinski definition) is 0. The lowest BCUT2D eigenvalue weighted by atomic mass is 10.1. The monoisotopic (exact) mass is 347 g/mol. The van der Waals surface area contributed by atoms with E-state index in [0.29, 0.717) is 31.7 Å². The normalized spacial score (nSPS) is 19.1. The first-order valence-corrected chi connectivity index (χ1v) is 9.11. The van der Waals surface area contributed by atoms with Gasteiger partial charge in [-0.2, -0.15) is 0 Å². The van der Waals surface area contributed by atoms with Gasteiger partial charge in [-0.3, -0.25) is 14.5 Å². The van der Waals surface area contributed by atoms with Crippen molar-refractivity contribution in [1.29, 1.82) is 0 Å². The Labute approximate surface area is 148 Å². The zero-order valence-electron chi connectivity index (χ0n) is 14.8. The van der Waals surface area contributed by atoms with Gasteiger partial charge in [0.25, 0.3) is 5.91 Å². The van der Waals surface area contributed by atoms with Gasteiger partial charge in [-0.25, -0.2) is 4.39 Å². The number of likely N-dealkylation sites (tertiary alicyclic amines) is 1. The molecule has 0 bridgehead atoms. The standard InChI is InChI=1S/C19H26FN3O2/c1-15-6-4-7-16(20)18(15)19(25)23-11-5-8-21(12-13-23)14-17(24)22-9-2-3-10-22/h4,6-7H,2-3,5,8-14H2,1H3. The third kappa shape index (κ3) is 4.18. The summed E-state index contributed by atoms with van der Waals surface area (Å²) in [4.78, 5) is 30.8. The highest BCUT2D eigenvalue weighted by Gasteiger charge is 2.26. The molecule has 5 nitrogen and oxygen atoms in total. The summed E-state index contributed by atoms with van der Waals surface area (Å²) in [7, 11) is 0.